The van der Waals surface area contributed by atoms with Crippen molar-refractivity contribution in [1.82, 2.24) is 0 Å². The van der Waals surface area contributed by atoms with Crippen molar-refractivity contribution >= 4 is 0 Å². The molecule has 0 aliphatic heterocycles. The van der Waals surface area contributed by atoms with E-state index in [1.165, 1.54) is 36.8 Å². The maximum atomic E-state index is 5.99. The first-order chi connectivity index (χ1) is 17.5. The summed E-state index contributed by atoms with van der Waals surface area (Å²) >= 11 is 0. The van der Waals surface area contributed by atoms with Gasteiger partial charge in [-0.2, -0.15) is 0 Å². The number of benzene rings is 2. The summed E-state index contributed by atoms with van der Waals surface area (Å²) in [7, 11) is 0. The Hall–Kier alpha value is -2.04. The van der Waals surface area contributed by atoms with Crippen molar-refractivity contribution in [3.8, 4) is 11.5 Å². The molecule has 2 atom stereocenters. The number of hydrogen-bond acceptors (Lipinski definition) is 4. The predicted octanol–water partition coefficient (Wildman–Crippen LogP) is 9.19. The van der Waals surface area contributed by atoms with E-state index in [1.807, 2.05) is 55.4 Å². The molecule has 2 aromatic rings. The smallest absolute Gasteiger partial charge is 0.197 e. The second kappa shape index (κ2) is 11.6. The quantitative estimate of drug-likeness (QED) is 0.306. The molecular weight excluding hydrogens is 472 g/mol. The van der Waals surface area contributed by atoms with Gasteiger partial charge in [0.1, 0.15) is 11.5 Å². The van der Waals surface area contributed by atoms with Crippen LogP contribution in [0.4, 0.5) is 0 Å². The van der Waals surface area contributed by atoms with Gasteiger partial charge in [-0.25, -0.2) is 0 Å². The van der Waals surface area contributed by atoms with Crippen molar-refractivity contribution in [2.45, 2.75) is 136 Å². The molecule has 0 radical (unpaired) electrons. The van der Waals surface area contributed by atoms with E-state index in [2.05, 4.69) is 69.3 Å². The summed E-state index contributed by atoms with van der Waals surface area (Å²) in [6.45, 7) is 23.4. The molecule has 1 fully saturated rings. The van der Waals surface area contributed by atoms with E-state index < -0.39 is 0 Å². The molecule has 0 amide bonds. The van der Waals surface area contributed by atoms with Gasteiger partial charge in [0.25, 0.3) is 0 Å². The van der Waals surface area contributed by atoms with E-state index in [0.717, 1.165) is 11.5 Å². The van der Waals surface area contributed by atoms with E-state index in [-0.39, 0.29) is 34.6 Å². The van der Waals surface area contributed by atoms with Crippen molar-refractivity contribution in [3.63, 3.8) is 0 Å². The highest BCUT2D eigenvalue weighted by Crippen LogP contribution is 2.48. The third-order valence-electron chi connectivity index (χ3n) is 7.90. The molecule has 38 heavy (non-hydrogen) atoms. The molecule has 0 N–H and O–H groups in total. The summed E-state index contributed by atoms with van der Waals surface area (Å²) in [6.07, 6.45) is 4.24. The lowest BCUT2D eigenvalue weighted by molar-refractivity contribution is -0.140. The highest BCUT2D eigenvalue weighted by atomic mass is 16.7. The molecule has 2 unspecified atom stereocenters. The fourth-order valence-corrected chi connectivity index (χ4v) is 5.83. The minimum absolute atomic E-state index is 0.105. The average molecular weight is 525 g/mol. The van der Waals surface area contributed by atoms with Gasteiger partial charge >= 0.3 is 0 Å². The molecule has 4 heteroatoms. The van der Waals surface area contributed by atoms with Crippen molar-refractivity contribution in [3.05, 3.63) is 59.7 Å². The number of rotatable bonds is 9. The van der Waals surface area contributed by atoms with Crippen LogP contribution in [0.3, 0.4) is 0 Å². The zero-order valence-corrected chi connectivity index (χ0v) is 25.8. The maximum Gasteiger partial charge on any atom is 0.197 e. The Morgan fingerprint density at radius 2 is 1.05 bits per heavy atom. The van der Waals surface area contributed by atoms with Gasteiger partial charge < -0.3 is 18.9 Å². The van der Waals surface area contributed by atoms with Gasteiger partial charge in [-0.05, 0) is 133 Å². The Balaban J connectivity index is 1.58. The first-order valence-electron chi connectivity index (χ1n) is 14.4. The van der Waals surface area contributed by atoms with Crippen LogP contribution in [0.2, 0.25) is 0 Å². The molecule has 0 heterocycles. The Morgan fingerprint density at radius 3 is 1.45 bits per heavy atom. The van der Waals surface area contributed by atoms with Crippen molar-refractivity contribution in [2.75, 3.05) is 0 Å². The molecule has 0 saturated heterocycles. The minimum atomic E-state index is -0.286. The SMILES string of the molecule is CC(Oc1ccc(C2(C)CCC(C(C)(C)c3ccc(OC(C)OC(C)(C)C)cc3)CC2)cc1)OC(C)(C)C. The minimum Gasteiger partial charge on any atom is -0.465 e. The fourth-order valence-electron chi connectivity index (χ4n) is 5.83. The summed E-state index contributed by atoms with van der Waals surface area (Å²) in [4.78, 5) is 0. The molecule has 0 aromatic heterocycles. The summed E-state index contributed by atoms with van der Waals surface area (Å²) in [6, 6.07) is 17.3. The highest BCUT2D eigenvalue weighted by molar-refractivity contribution is 5.34. The van der Waals surface area contributed by atoms with Crippen molar-refractivity contribution in [2.24, 2.45) is 5.92 Å². The van der Waals surface area contributed by atoms with Gasteiger partial charge in [0.15, 0.2) is 12.6 Å². The van der Waals surface area contributed by atoms with Crippen LogP contribution in [0, 0.1) is 5.92 Å². The summed E-state index contributed by atoms with van der Waals surface area (Å²) in [5.74, 6) is 2.35. The fraction of sp³-hybridized carbons (Fsp3) is 0.647. The third-order valence-corrected chi connectivity index (χ3v) is 7.90. The van der Waals surface area contributed by atoms with Gasteiger partial charge in [0.2, 0.25) is 0 Å². The van der Waals surface area contributed by atoms with Gasteiger partial charge in [0, 0.05) is 0 Å². The van der Waals surface area contributed by atoms with Gasteiger partial charge in [0.05, 0.1) is 11.2 Å². The van der Waals surface area contributed by atoms with Gasteiger partial charge in [-0.3, -0.25) is 0 Å². The van der Waals surface area contributed by atoms with Crippen molar-refractivity contribution < 1.29 is 18.9 Å². The normalized spacial score (nSPS) is 22.6. The lowest BCUT2D eigenvalue weighted by Gasteiger charge is -2.44. The van der Waals surface area contributed by atoms with Crippen LogP contribution in [0.15, 0.2) is 48.5 Å². The average Bonchev–Trinajstić information content (AvgIpc) is 2.77. The lowest BCUT2D eigenvalue weighted by Crippen LogP contribution is -2.37. The molecule has 2 aromatic carbocycles. The van der Waals surface area contributed by atoms with E-state index in [1.54, 1.807) is 0 Å². The van der Waals surface area contributed by atoms with E-state index in [0.29, 0.717) is 5.92 Å². The van der Waals surface area contributed by atoms with Gasteiger partial charge in [-0.15, -0.1) is 0 Å². The van der Waals surface area contributed by atoms with Crippen LogP contribution in [0.1, 0.15) is 113 Å². The van der Waals surface area contributed by atoms with Crippen LogP contribution in [0.25, 0.3) is 0 Å². The van der Waals surface area contributed by atoms with Crippen molar-refractivity contribution in [1.29, 1.82) is 0 Å². The molecule has 0 spiro atoms. The van der Waals surface area contributed by atoms with E-state index in [9.17, 15) is 0 Å². The third kappa shape index (κ3) is 8.48. The summed E-state index contributed by atoms with van der Waals surface area (Å²) in [5.41, 5.74) is 2.61. The molecule has 212 valence electrons. The van der Waals surface area contributed by atoms with Crippen LogP contribution < -0.4 is 9.47 Å². The molecule has 1 aliphatic carbocycles. The number of hydrogen-bond donors (Lipinski definition) is 0. The molecule has 1 saturated carbocycles. The molecule has 4 nitrogen and oxygen atoms in total. The Bertz CT molecular complexity index is 1000. The second-order valence-electron chi connectivity index (χ2n) is 13.9. The number of ether oxygens (including phenoxy) is 4. The molecule has 0 bridgehead atoms. The van der Waals surface area contributed by atoms with Crippen LogP contribution in [0.5, 0.6) is 11.5 Å². The lowest BCUT2D eigenvalue weighted by atomic mass is 9.60. The molecule has 3 rings (SSSR count). The van der Waals surface area contributed by atoms with Crippen LogP contribution >= 0.6 is 0 Å². The zero-order chi connectivity index (χ0) is 28.4. The zero-order valence-electron chi connectivity index (χ0n) is 25.8. The first kappa shape index (κ1) is 30.5. The Labute approximate surface area is 232 Å². The monoisotopic (exact) mass is 524 g/mol. The highest BCUT2D eigenvalue weighted by Gasteiger charge is 2.39. The van der Waals surface area contributed by atoms with Crippen LogP contribution in [-0.2, 0) is 20.3 Å². The predicted molar refractivity (Wildman–Crippen MR) is 157 cm³/mol. The van der Waals surface area contributed by atoms with E-state index in [4.69, 9.17) is 18.9 Å². The Morgan fingerprint density at radius 1 is 0.658 bits per heavy atom. The second-order valence-corrected chi connectivity index (χ2v) is 13.9. The summed E-state index contributed by atoms with van der Waals surface area (Å²) in [5, 5.41) is 0. The van der Waals surface area contributed by atoms with E-state index >= 15 is 0 Å². The largest absolute Gasteiger partial charge is 0.465 e. The maximum absolute atomic E-state index is 5.99. The molecular formula is C34H52O4. The van der Waals surface area contributed by atoms with Crippen LogP contribution in [-0.4, -0.2) is 23.8 Å². The standard InChI is InChI=1S/C34H52O4/c1-24(37-31(3,4)5)35-29-16-12-26(13-17-29)33(9,10)27-20-22-34(11,23-21-27)28-14-18-30(19-15-28)36-25(2)38-32(6,7)8/h12-19,24-25,27H,20-23H2,1-11H3. The summed E-state index contributed by atoms with van der Waals surface area (Å²) < 4.78 is 23.8. The first-order valence-corrected chi connectivity index (χ1v) is 14.4. The topological polar surface area (TPSA) is 36.9 Å². The van der Waals surface area contributed by atoms with Gasteiger partial charge in [-0.1, -0.05) is 45.0 Å². The molecule has 1 aliphatic rings. The Kier molecular flexibility index (Phi) is 9.31.